The Morgan fingerprint density at radius 2 is 2.56 bits per heavy atom. The highest BCUT2D eigenvalue weighted by atomic mass is 16.3. The van der Waals surface area contributed by atoms with Gasteiger partial charge in [-0.25, -0.2) is 0 Å². The van der Waals surface area contributed by atoms with Crippen LogP contribution in [0.2, 0.25) is 0 Å². The lowest BCUT2D eigenvalue weighted by molar-refractivity contribution is 0.615. The van der Waals surface area contributed by atoms with Gasteiger partial charge in [-0.15, -0.1) is 0 Å². The van der Waals surface area contributed by atoms with Crippen molar-refractivity contribution in [2.75, 3.05) is 0 Å². The van der Waals surface area contributed by atoms with Crippen molar-refractivity contribution in [3.05, 3.63) is 30.7 Å². The molecular weight excluding hydrogens is 114 g/mol. The Labute approximate surface area is 52.1 Å². The maximum atomic E-state index is 5.00. The third-order valence-corrected chi connectivity index (χ3v) is 1.15. The van der Waals surface area contributed by atoms with Crippen molar-refractivity contribution in [3.63, 3.8) is 0 Å². The minimum atomic E-state index is 0.789. The van der Waals surface area contributed by atoms with Gasteiger partial charge in [-0.1, -0.05) is 0 Å². The fourth-order valence-corrected chi connectivity index (χ4v) is 0.743. The second-order valence-corrected chi connectivity index (χ2v) is 1.73. The van der Waals surface area contributed by atoms with E-state index in [1.807, 2.05) is 12.1 Å². The SMILES string of the molecule is [c]1coc2cccnc12. The van der Waals surface area contributed by atoms with Gasteiger partial charge < -0.3 is 4.42 Å². The normalized spacial score (nSPS) is 10.2. The van der Waals surface area contributed by atoms with E-state index in [0.717, 1.165) is 11.1 Å². The largest absolute Gasteiger partial charge is 0.462 e. The van der Waals surface area contributed by atoms with E-state index in [0.29, 0.717) is 0 Å². The monoisotopic (exact) mass is 118 g/mol. The number of pyridine rings is 1. The second kappa shape index (κ2) is 1.58. The van der Waals surface area contributed by atoms with Crippen molar-refractivity contribution in [1.82, 2.24) is 4.98 Å². The number of aromatic nitrogens is 1. The van der Waals surface area contributed by atoms with Crippen LogP contribution in [0.5, 0.6) is 0 Å². The van der Waals surface area contributed by atoms with Crippen LogP contribution in [0.25, 0.3) is 11.1 Å². The quantitative estimate of drug-likeness (QED) is 0.525. The van der Waals surface area contributed by atoms with Gasteiger partial charge in [-0.05, 0) is 12.1 Å². The minimum Gasteiger partial charge on any atom is -0.462 e. The summed E-state index contributed by atoms with van der Waals surface area (Å²) in [7, 11) is 0. The Kier molecular flexibility index (Phi) is 0.803. The molecule has 0 saturated heterocycles. The molecule has 2 nitrogen and oxygen atoms in total. The van der Waals surface area contributed by atoms with E-state index in [1.165, 1.54) is 6.26 Å². The van der Waals surface area contributed by atoms with E-state index in [9.17, 15) is 0 Å². The van der Waals surface area contributed by atoms with E-state index >= 15 is 0 Å². The van der Waals surface area contributed by atoms with Gasteiger partial charge in [0.15, 0.2) is 5.58 Å². The van der Waals surface area contributed by atoms with Gasteiger partial charge in [0.2, 0.25) is 0 Å². The summed E-state index contributed by atoms with van der Waals surface area (Å²) in [6.45, 7) is 0. The molecule has 0 aliphatic carbocycles. The lowest BCUT2D eigenvalue weighted by atomic mass is 10.4. The molecular formula is C7H4NO. The second-order valence-electron chi connectivity index (χ2n) is 1.73. The fourth-order valence-electron chi connectivity index (χ4n) is 0.743. The summed E-state index contributed by atoms with van der Waals surface area (Å²) in [6, 6.07) is 6.53. The zero-order chi connectivity index (χ0) is 6.10. The predicted molar refractivity (Wildman–Crippen MR) is 32.8 cm³/mol. The highest BCUT2D eigenvalue weighted by Crippen LogP contribution is 2.08. The number of hydrogen-bond acceptors (Lipinski definition) is 2. The Morgan fingerprint density at radius 1 is 1.56 bits per heavy atom. The summed E-state index contributed by atoms with van der Waals surface area (Å²) < 4.78 is 5.00. The lowest BCUT2D eigenvalue weighted by Gasteiger charge is -1.80. The number of hydrogen-bond donors (Lipinski definition) is 0. The van der Waals surface area contributed by atoms with Crippen molar-refractivity contribution < 1.29 is 4.42 Å². The summed E-state index contributed by atoms with van der Waals surface area (Å²) in [6.07, 6.45) is 3.23. The van der Waals surface area contributed by atoms with Crippen LogP contribution in [0.3, 0.4) is 0 Å². The first-order valence-electron chi connectivity index (χ1n) is 2.67. The molecule has 9 heavy (non-hydrogen) atoms. The number of fused-ring (bicyclic) bond motifs is 1. The van der Waals surface area contributed by atoms with E-state index in [1.54, 1.807) is 6.20 Å². The Hall–Kier alpha value is -1.31. The molecule has 0 bridgehead atoms. The van der Waals surface area contributed by atoms with Gasteiger partial charge in [0.05, 0.1) is 6.07 Å². The van der Waals surface area contributed by atoms with E-state index in [2.05, 4.69) is 11.1 Å². The van der Waals surface area contributed by atoms with Gasteiger partial charge in [0.25, 0.3) is 0 Å². The topological polar surface area (TPSA) is 26.0 Å². The van der Waals surface area contributed by atoms with E-state index < -0.39 is 0 Å². The Morgan fingerprint density at radius 3 is 3.44 bits per heavy atom. The van der Waals surface area contributed by atoms with Crippen molar-refractivity contribution >= 4 is 11.1 Å². The summed E-state index contributed by atoms with van der Waals surface area (Å²) in [5, 5.41) is 0. The van der Waals surface area contributed by atoms with Crippen molar-refractivity contribution in [2.24, 2.45) is 0 Å². The molecule has 2 rings (SSSR count). The minimum absolute atomic E-state index is 0.789. The summed E-state index contributed by atoms with van der Waals surface area (Å²) in [4.78, 5) is 3.99. The van der Waals surface area contributed by atoms with Crippen LogP contribution in [0.4, 0.5) is 0 Å². The smallest absolute Gasteiger partial charge is 0.152 e. The molecule has 0 amide bonds. The van der Waals surface area contributed by atoms with E-state index in [4.69, 9.17) is 4.42 Å². The summed E-state index contributed by atoms with van der Waals surface area (Å²) in [5.74, 6) is 0. The number of rotatable bonds is 0. The molecule has 2 aromatic heterocycles. The zero-order valence-electron chi connectivity index (χ0n) is 4.66. The van der Waals surface area contributed by atoms with Crippen LogP contribution >= 0.6 is 0 Å². The number of nitrogens with zero attached hydrogens (tertiary/aromatic N) is 1. The van der Waals surface area contributed by atoms with E-state index in [-0.39, 0.29) is 0 Å². The van der Waals surface area contributed by atoms with Crippen LogP contribution in [0, 0.1) is 6.07 Å². The van der Waals surface area contributed by atoms with Gasteiger partial charge in [0, 0.05) is 6.20 Å². The highest BCUT2D eigenvalue weighted by Gasteiger charge is 1.92. The zero-order valence-corrected chi connectivity index (χ0v) is 4.66. The molecule has 0 saturated carbocycles. The first-order valence-corrected chi connectivity index (χ1v) is 2.67. The fraction of sp³-hybridized carbons (Fsp3) is 0. The molecule has 0 atom stereocenters. The van der Waals surface area contributed by atoms with Gasteiger partial charge in [0.1, 0.15) is 11.8 Å². The predicted octanol–water partition coefficient (Wildman–Crippen LogP) is 1.63. The van der Waals surface area contributed by atoms with Crippen LogP contribution in [0.1, 0.15) is 0 Å². The molecule has 0 spiro atoms. The Balaban J connectivity index is 2.95. The molecule has 0 unspecified atom stereocenters. The third-order valence-electron chi connectivity index (χ3n) is 1.15. The first-order chi connectivity index (χ1) is 4.47. The maximum Gasteiger partial charge on any atom is 0.152 e. The molecule has 1 radical (unpaired) electrons. The van der Waals surface area contributed by atoms with Crippen LogP contribution < -0.4 is 0 Å². The molecule has 0 aliphatic rings. The number of furan rings is 1. The van der Waals surface area contributed by atoms with Gasteiger partial charge in [-0.3, -0.25) is 4.98 Å². The standard InChI is InChI=1S/C7H4NO/c1-2-7-6(8-4-1)3-5-9-7/h1-2,4-5H. The average molecular weight is 118 g/mol. The van der Waals surface area contributed by atoms with Crippen LogP contribution in [-0.4, -0.2) is 4.98 Å². The van der Waals surface area contributed by atoms with Crippen molar-refractivity contribution in [1.29, 1.82) is 0 Å². The van der Waals surface area contributed by atoms with Gasteiger partial charge >= 0.3 is 0 Å². The molecule has 2 heteroatoms. The molecule has 43 valence electrons. The average Bonchev–Trinajstić information content (AvgIpc) is 2.33. The molecule has 2 heterocycles. The van der Waals surface area contributed by atoms with Crippen molar-refractivity contribution in [3.8, 4) is 0 Å². The van der Waals surface area contributed by atoms with Gasteiger partial charge in [-0.2, -0.15) is 0 Å². The summed E-state index contributed by atoms with van der Waals surface area (Å²) in [5.41, 5.74) is 1.58. The molecule has 2 aromatic rings. The third kappa shape index (κ3) is 0.598. The molecule has 0 N–H and O–H groups in total. The highest BCUT2D eigenvalue weighted by molar-refractivity contribution is 5.70. The van der Waals surface area contributed by atoms with Crippen LogP contribution in [-0.2, 0) is 0 Å². The lowest BCUT2D eigenvalue weighted by Crippen LogP contribution is -1.67. The molecule has 0 aliphatic heterocycles. The summed E-state index contributed by atoms with van der Waals surface area (Å²) >= 11 is 0. The first kappa shape index (κ1) is 4.56. The molecule has 0 aromatic carbocycles. The van der Waals surface area contributed by atoms with Crippen LogP contribution in [0.15, 0.2) is 29.0 Å². The molecule has 0 fully saturated rings. The van der Waals surface area contributed by atoms with Crippen molar-refractivity contribution in [2.45, 2.75) is 0 Å². The Bertz CT molecular complexity index is 283. The maximum absolute atomic E-state index is 5.00.